The molecule has 0 spiro atoms. The number of aliphatic carboxylic acids is 1. The van der Waals surface area contributed by atoms with E-state index >= 15 is 0 Å². The molecule has 2 fully saturated rings. The van der Waals surface area contributed by atoms with Crippen molar-refractivity contribution in [3.63, 3.8) is 0 Å². The summed E-state index contributed by atoms with van der Waals surface area (Å²) in [6, 6.07) is -0.0745. The van der Waals surface area contributed by atoms with Gasteiger partial charge < -0.3 is 15.7 Å². The minimum absolute atomic E-state index is 0.0745. The molecule has 0 aromatic carbocycles. The van der Waals surface area contributed by atoms with Crippen molar-refractivity contribution in [1.82, 2.24) is 10.6 Å². The highest BCUT2D eigenvalue weighted by Gasteiger charge is 2.41. The van der Waals surface area contributed by atoms with E-state index in [1.807, 2.05) is 0 Å². The summed E-state index contributed by atoms with van der Waals surface area (Å²) in [6.07, 6.45) is 7.96. The molecular weight excluding hydrogens is 256 g/mol. The number of unbranched alkanes of at least 4 members (excludes halogenated alkanes) is 2. The van der Waals surface area contributed by atoms with Crippen LogP contribution in [0, 0.1) is 17.8 Å². The lowest BCUT2D eigenvalue weighted by Crippen LogP contribution is -2.39. The van der Waals surface area contributed by atoms with Gasteiger partial charge in [0.25, 0.3) is 0 Å². The summed E-state index contributed by atoms with van der Waals surface area (Å²) in [5, 5.41) is 14.3. The molecule has 2 aliphatic rings. The fraction of sp³-hybridized carbons (Fsp3) is 0.867. The maximum atomic E-state index is 11.7. The zero-order valence-electron chi connectivity index (χ0n) is 12.1. The minimum atomic E-state index is -0.748. The number of amides is 2. The highest BCUT2D eigenvalue weighted by Crippen LogP contribution is 2.48. The van der Waals surface area contributed by atoms with Gasteiger partial charge in [-0.1, -0.05) is 6.42 Å². The number of urea groups is 1. The van der Waals surface area contributed by atoms with Crippen molar-refractivity contribution in [2.45, 2.75) is 51.4 Å². The number of nitrogens with one attached hydrogen (secondary N) is 2. The Morgan fingerprint density at radius 1 is 1.00 bits per heavy atom. The summed E-state index contributed by atoms with van der Waals surface area (Å²) in [5.74, 6) is 1.68. The van der Waals surface area contributed by atoms with E-state index in [0.29, 0.717) is 18.9 Å². The zero-order valence-corrected chi connectivity index (χ0v) is 12.1. The predicted octanol–water partition coefficient (Wildman–Crippen LogP) is 2.37. The fourth-order valence-corrected chi connectivity index (χ4v) is 2.82. The van der Waals surface area contributed by atoms with Crippen molar-refractivity contribution in [2.24, 2.45) is 17.8 Å². The van der Waals surface area contributed by atoms with Gasteiger partial charge in [0, 0.05) is 19.5 Å². The van der Waals surface area contributed by atoms with Crippen LogP contribution in [0.2, 0.25) is 0 Å². The smallest absolute Gasteiger partial charge is 0.314 e. The molecule has 0 radical (unpaired) electrons. The fourth-order valence-electron chi connectivity index (χ4n) is 2.82. The van der Waals surface area contributed by atoms with Crippen LogP contribution in [-0.2, 0) is 4.79 Å². The van der Waals surface area contributed by atoms with Crippen molar-refractivity contribution in [3.05, 3.63) is 0 Å². The van der Waals surface area contributed by atoms with Gasteiger partial charge in [0.2, 0.25) is 0 Å². The van der Waals surface area contributed by atoms with Gasteiger partial charge in [0.1, 0.15) is 0 Å². The third-order valence-electron chi connectivity index (χ3n) is 4.31. The Labute approximate surface area is 120 Å². The average Bonchev–Trinajstić information content (AvgIpc) is 3.26. The Morgan fingerprint density at radius 2 is 1.65 bits per heavy atom. The largest absolute Gasteiger partial charge is 0.481 e. The topological polar surface area (TPSA) is 78.4 Å². The van der Waals surface area contributed by atoms with Crippen LogP contribution in [0.4, 0.5) is 4.79 Å². The Balaban J connectivity index is 1.46. The first-order valence-electron chi connectivity index (χ1n) is 7.90. The van der Waals surface area contributed by atoms with Crippen molar-refractivity contribution < 1.29 is 14.7 Å². The van der Waals surface area contributed by atoms with Crippen LogP contribution in [-0.4, -0.2) is 30.2 Å². The maximum Gasteiger partial charge on any atom is 0.314 e. The van der Waals surface area contributed by atoms with Gasteiger partial charge in [0.05, 0.1) is 0 Å². The van der Waals surface area contributed by atoms with Crippen molar-refractivity contribution >= 4 is 12.0 Å². The normalized spacial score (nSPS) is 18.1. The molecule has 2 amide bonds. The van der Waals surface area contributed by atoms with E-state index in [1.54, 1.807) is 0 Å². The molecule has 5 nitrogen and oxygen atoms in total. The highest BCUT2D eigenvalue weighted by atomic mass is 16.4. The second-order valence-electron chi connectivity index (χ2n) is 6.18. The molecule has 0 aromatic rings. The molecular formula is C15H26N2O3. The van der Waals surface area contributed by atoms with Crippen LogP contribution in [0.1, 0.15) is 51.4 Å². The van der Waals surface area contributed by atoms with E-state index in [1.165, 1.54) is 25.7 Å². The number of rotatable bonds is 10. The lowest BCUT2D eigenvalue weighted by Gasteiger charge is -2.16. The van der Waals surface area contributed by atoms with Crippen LogP contribution in [0.5, 0.6) is 0 Å². The van der Waals surface area contributed by atoms with Gasteiger partial charge >= 0.3 is 12.0 Å². The van der Waals surface area contributed by atoms with Gasteiger partial charge in [-0.15, -0.1) is 0 Å². The van der Waals surface area contributed by atoms with Crippen molar-refractivity contribution in [1.29, 1.82) is 0 Å². The van der Waals surface area contributed by atoms with E-state index in [0.717, 1.165) is 31.2 Å². The molecule has 114 valence electrons. The van der Waals surface area contributed by atoms with Gasteiger partial charge in [-0.2, -0.15) is 0 Å². The summed E-state index contributed by atoms with van der Waals surface area (Å²) in [5.41, 5.74) is 0. The third-order valence-corrected chi connectivity index (χ3v) is 4.31. The molecule has 0 unspecified atom stereocenters. The molecule has 0 aliphatic heterocycles. The van der Waals surface area contributed by atoms with E-state index < -0.39 is 5.97 Å². The standard InChI is InChI=1S/C15H26N2O3/c18-14(19)4-2-1-3-9-16-15(20)17-10-13(11-5-6-11)12-7-8-12/h11-13H,1-10H2,(H,18,19)(H2,16,17,20). The Bertz CT molecular complexity index is 326. The molecule has 0 saturated heterocycles. The molecule has 0 bridgehead atoms. The molecule has 0 heterocycles. The second kappa shape index (κ2) is 7.50. The first-order valence-corrected chi connectivity index (χ1v) is 7.90. The summed E-state index contributed by atoms with van der Waals surface area (Å²) in [7, 11) is 0. The van der Waals surface area contributed by atoms with Crippen LogP contribution < -0.4 is 10.6 Å². The molecule has 3 N–H and O–H groups in total. The van der Waals surface area contributed by atoms with E-state index in [4.69, 9.17) is 5.11 Å². The second-order valence-corrected chi connectivity index (χ2v) is 6.18. The third kappa shape index (κ3) is 5.80. The molecule has 2 rings (SSSR count). The van der Waals surface area contributed by atoms with E-state index in [9.17, 15) is 9.59 Å². The minimum Gasteiger partial charge on any atom is -0.481 e. The van der Waals surface area contributed by atoms with Crippen LogP contribution in [0.3, 0.4) is 0 Å². The number of hydrogen-bond acceptors (Lipinski definition) is 2. The van der Waals surface area contributed by atoms with Crippen LogP contribution >= 0.6 is 0 Å². The summed E-state index contributed by atoms with van der Waals surface area (Å²) >= 11 is 0. The molecule has 2 saturated carbocycles. The monoisotopic (exact) mass is 282 g/mol. The molecule has 0 atom stereocenters. The lowest BCUT2D eigenvalue weighted by molar-refractivity contribution is -0.137. The van der Waals surface area contributed by atoms with E-state index in [-0.39, 0.29) is 12.5 Å². The first kappa shape index (κ1) is 15.1. The first-order chi connectivity index (χ1) is 9.66. The quantitative estimate of drug-likeness (QED) is 0.538. The summed E-state index contributed by atoms with van der Waals surface area (Å²) in [6.45, 7) is 1.45. The number of carboxylic acid groups (broad SMARTS) is 1. The van der Waals surface area contributed by atoms with E-state index in [2.05, 4.69) is 10.6 Å². The summed E-state index contributed by atoms with van der Waals surface area (Å²) in [4.78, 5) is 22.0. The lowest BCUT2D eigenvalue weighted by atomic mass is 9.98. The number of carboxylic acids is 1. The average molecular weight is 282 g/mol. The zero-order chi connectivity index (χ0) is 14.4. The molecule has 0 aromatic heterocycles. The van der Waals surface area contributed by atoms with Gasteiger partial charge in [-0.25, -0.2) is 4.79 Å². The van der Waals surface area contributed by atoms with Crippen molar-refractivity contribution in [3.8, 4) is 0 Å². The van der Waals surface area contributed by atoms with Gasteiger partial charge in [0.15, 0.2) is 0 Å². The Morgan fingerprint density at radius 3 is 2.20 bits per heavy atom. The molecule has 20 heavy (non-hydrogen) atoms. The van der Waals surface area contributed by atoms with Crippen LogP contribution in [0.25, 0.3) is 0 Å². The van der Waals surface area contributed by atoms with Gasteiger partial charge in [-0.3, -0.25) is 4.79 Å². The number of hydrogen-bond donors (Lipinski definition) is 3. The highest BCUT2D eigenvalue weighted by molar-refractivity contribution is 5.73. The van der Waals surface area contributed by atoms with Crippen LogP contribution in [0.15, 0.2) is 0 Å². The maximum absolute atomic E-state index is 11.7. The number of carbonyl (C=O) groups is 2. The number of carbonyl (C=O) groups excluding carboxylic acids is 1. The summed E-state index contributed by atoms with van der Waals surface area (Å²) < 4.78 is 0. The molecule has 5 heteroatoms. The SMILES string of the molecule is O=C(O)CCCCCNC(=O)NCC(C1CC1)C1CC1. The van der Waals surface area contributed by atoms with Crippen molar-refractivity contribution in [2.75, 3.05) is 13.1 Å². The molecule has 2 aliphatic carbocycles. The van der Waals surface area contributed by atoms with Gasteiger partial charge in [-0.05, 0) is 56.3 Å². The Kier molecular flexibility index (Phi) is 5.68. The predicted molar refractivity (Wildman–Crippen MR) is 76.4 cm³/mol. The Hall–Kier alpha value is -1.26.